The van der Waals surface area contributed by atoms with Crippen LogP contribution in [-0.2, 0) is 6.54 Å². The smallest absolute Gasteiger partial charge is 0.293 e. The number of hydrogen-bond donors (Lipinski definition) is 2. The summed E-state index contributed by atoms with van der Waals surface area (Å²) in [6.07, 6.45) is 3.29. The molecule has 4 rings (SSSR count). The highest BCUT2D eigenvalue weighted by Crippen LogP contribution is 2.29. The van der Waals surface area contributed by atoms with Gasteiger partial charge in [-0.25, -0.2) is 4.98 Å². The average molecular weight is 428 g/mol. The molecule has 2 heterocycles. The number of H-pyrrole nitrogens is 1. The summed E-state index contributed by atoms with van der Waals surface area (Å²) in [5.41, 5.74) is 1.45. The molecule has 0 bridgehead atoms. The first-order chi connectivity index (χ1) is 14.5. The summed E-state index contributed by atoms with van der Waals surface area (Å²) in [6.45, 7) is 3.37. The molecule has 1 aliphatic heterocycles. The lowest BCUT2D eigenvalue weighted by molar-refractivity contribution is -0.383. The fourth-order valence-corrected chi connectivity index (χ4v) is 4.06. The molecular formula is C21H22ClN5O3. The minimum absolute atomic E-state index is 0.114. The van der Waals surface area contributed by atoms with Gasteiger partial charge in [-0.15, -0.1) is 0 Å². The maximum atomic E-state index is 11.9. The van der Waals surface area contributed by atoms with Crippen LogP contribution in [0, 0.1) is 16.0 Å². The number of benzene rings is 2. The van der Waals surface area contributed by atoms with Crippen molar-refractivity contribution in [3.63, 3.8) is 0 Å². The van der Waals surface area contributed by atoms with Crippen molar-refractivity contribution in [3.8, 4) is 0 Å². The van der Waals surface area contributed by atoms with Gasteiger partial charge in [-0.1, -0.05) is 29.8 Å². The van der Waals surface area contributed by atoms with Crippen LogP contribution in [0.1, 0.15) is 18.4 Å². The molecule has 0 saturated carbocycles. The number of aromatic amines is 1. The predicted octanol–water partition coefficient (Wildman–Crippen LogP) is 3.81. The first-order valence-corrected chi connectivity index (χ1v) is 10.2. The van der Waals surface area contributed by atoms with E-state index in [1.807, 2.05) is 24.3 Å². The van der Waals surface area contributed by atoms with E-state index < -0.39 is 4.92 Å². The van der Waals surface area contributed by atoms with Gasteiger partial charge in [0.1, 0.15) is 5.69 Å². The Morgan fingerprint density at radius 2 is 2.03 bits per heavy atom. The molecule has 2 aromatic carbocycles. The first-order valence-electron chi connectivity index (χ1n) is 9.86. The van der Waals surface area contributed by atoms with Crippen molar-refractivity contribution in [3.05, 3.63) is 73.8 Å². The van der Waals surface area contributed by atoms with E-state index in [4.69, 9.17) is 11.6 Å². The molecule has 1 saturated heterocycles. The summed E-state index contributed by atoms with van der Waals surface area (Å²) in [6, 6.07) is 10.8. The normalized spacial score (nSPS) is 15.4. The van der Waals surface area contributed by atoms with Gasteiger partial charge in [-0.2, -0.15) is 0 Å². The number of likely N-dealkylation sites (tertiary alicyclic amines) is 1. The molecule has 0 aliphatic carbocycles. The average Bonchev–Trinajstić information content (AvgIpc) is 2.74. The Morgan fingerprint density at radius 1 is 1.27 bits per heavy atom. The molecule has 0 amide bonds. The summed E-state index contributed by atoms with van der Waals surface area (Å²) in [7, 11) is 0. The third kappa shape index (κ3) is 4.44. The Kier molecular flexibility index (Phi) is 5.96. The molecule has 3 aromatic rings. The van der Waals surface area contributed by atoms with Gasteiger partial charge >= 0.3 is 0 Å². The third-order valence-corrected chi connectivity index (χ3v) is 5.96. The van der Waals surface area contributed by atoms with Crippen LogP contribution in [0.5, 0.6) is 0 Å². The third-order valence-electron chi connectivity index (χ3n) is 5.59. The van der Waals surface area contributed by atoms with E-state index in [9.17, 15) is 14.9 Å². The zero-order valence-electron chi connectivity index (χ0n) is 16.3. The molecule has 30 heavy (non-hydrogen) atoms. The van der Waals surface area contributed by atoms with Crippen LogP contribution in [0.4, 0.5) is 11.4 Å². The number of nitrogens with one attached hydrogen (secondary N) is 2. The Labute approximate surface area is 178 Å². The summed E-state index contributed by atoms with van der Waals surface area (Å²) >= 11 is 6.26. The fourth-order valence-electron chi connectivity index (χ4n) is 3.87. The van der Waals surface area contributed by atoms with Crippen molar-refractivity contribution in [1.29, 1.82) is 0 Å². The molecule has 1 aromatic heterocycles. The zero-order valence-corrected chi connectivity index (χ0v) is 17.1. The number of nitro benzene ring substituents is 1. The van der Waals surface area contributed by atoms with Crippen molar-refractivity contribution in [1.82, 2.24) is 14.9 Å². The van der Waals surface area contributed by atoms with E-state index in [0.29, 0.717) is 23.7 Å². The lowest BCUT2D eigenvalue weighted by Crippen LogP contribution is -2.35. The van der Waals surface area contributed by atoms with Crippen molar-refractivity contribution in [2.75, 3.05) is 25.0 Å². The fraction of sp³-hybridized carbons (Fsp3) is 0.333. The molecule has 0 atom stereocenters. The maximum Gasteiger partial charge on any atom is 0.293 e. The number of fused-ring (bicyclic) bond motifs is 1. The largest absolute Gasteiger partial charge is 0.379 e. The molecule has 1 fully saturated rings. The van der Waals surface area contributed by atoms with E-state index in [1.54, 1.807) is 6.07 Å². The molecule has 0 radical (unpaired) electrons. The van der Waals surface area contributed by atoms with Crippen LogP contribution in [0.25, 0.3) is 10.9 Å². The highest BCUT2D eigenvalue weighted by molar-refractivity contribution is 6.31. The van der Waals surface area contributed by atoms with E-state index >= 15 is 0 Å². The second kappa shape index (κ2) is 8.81. The predicted molar refractivity (Wildman–Crippen MR) is 117 cm³/mol. The Balaban J connectivity index is 1.39. The quantitative estimate of drug-likeness (QED) is 0.458. The van der Waals surface area contributed by atoms with E-state index in [1.165, 1.54) is 12.4 Å². The van der Waals surface area contributed by atoms with Gasteiger partial charge in [0.2, 0.25) is 0 Å². The van der Waals surface area contributed by atoms with E-state index in [2.05, 4.69) is 20.2 Å². The van der Waals surface area contributed by atoms with E-state index in [-0.39, 0.29) is 16.6 Å². The van der Waals surface area contributed by atoms with Crippen LogP contribution >= 0.6 is 11.6 Å². The van der Waals surface area contributed by atoms with Gasteiger partial charge < -0.3 is 10.3 Å². The van der Waals surface area contributed by atoms with Crippen LogP contribution in [0.15, 0.2) is 47.5 Å². The number of piperidine rings is 1. The second-order valence-electron chi connectivity index (χ2n) is 7.57. The molecule has 9 heteroatoms. The van der Waals surface area contributed by atoms with Gasteiger partial charge in [-0.3, -0.25) is 19.8 Å². The molecular weight excluding hydrogens is 406 g/mol. The van der Waals surface area contributed by atoms with Crippen molar-refractivity contribution < 1.29 is 4.92 Å². The zero-order chi connectivity index (χ0) is 21.1. The highest BCUT2D eigenvalue weighted by atomic mass is 35.5. The SMILES string of the molecule is O=c1[nH]cnc2cc(NCC3CCN(Cc4ccccc4Cl)CC3)c([N+](=O)[O-])cc12. The van der Waals surface area contributed by atoms with Crippen molar-refractivity contribution >= 4 is 33.9 Å². The van der Waals surface area contributed by atoms with Gasteiger partial charge in [0.05, 0.1) is 22.2 Å². The van der Waals surface area contributed by atoms with Gasteiger partial charge in [-0.05, 0) is 49.5 Å². The second-order valence-corrected chi connectivity index (χ2v) is 7.97. The number of anilines is 1. The Morgan fingerprint density at radius 3 is 2.77 bits per heavy atom. The van der Waals surface area contributed by atoms with Crippen LogP contribution in [0.3, 0.4) is 0 Å². The number of nitrogens with zero attached hydrogens (tertiary/aromatic N) is 3. The van der Waals surface area contributed by atoms with Crippen molar-refractivity contribution in [2.24, 2.45) is 5.92 Å². The lowest BCUT2D eigenvalue weighted by atomic mass is 9.96. The first kappa shape index (κ1) is 20.3. The monoisotopic (exact) mass is 427 g/mol. The minimum Gasteiger partial charge on any atom is -0.379 e. The topological polar surface area (TPSA) is 104 Å². The van der Waals surface area contributed by atoms with Crippen LogP contribution < -0.4 is 10.9 Å². The minimum atomic E-state index is -0.472. The summed E-state index contributed by atoms with van der Waals surface area (Å²) in [5, 5.41) is 15.7. The Bertz CT molecular complexity index is 1130. The Hall–Kier alpha value is -2.97. The summed E-state index contributed by atoms with van der Waals surface area (Å²) in [4.78, 5) is 31.9. The molecule has 0 spiro atoms. The summed E-state index contributed by atoms with van der Waals surface area (Å²) in [5.74, 6) is 0.412. The molecule has 8 nitrogen and oxygen atoms in total. The van der Waals surface area contributed by atoms with Crippen LogP contribution in [-0.4, -0.2) is 39.4 Å². The highest BCUT2D eigenvalue weighted by Gasteiger charge is 2.22. The number of rotatable bonds is 6. The number of nitro groups is 1. The van der Waals surface area contributed by atoms with Gasteiger partial charge in [0.15, 0.2) is 0 Å². The standard InChI is InChI=1S/C21H22ClN5O3/c22-17-4-2-1-3-15(17)12-26-7-5-14(6-8-26)11-23-19-10-18-16(9-20(19)27(29)30)21(28)25-13-24-18/h1-4,9-10,13-14,23H,5-8,11-12H2,(H,24,25,28). The van der Waals surface area contributed by atoms with Gasteiger partial charge in [0.25, 0.3) is 11.2 Å². The van der Waals surface area contributed by atoms with E-state index in [0.717, 1.165) is 43.1 Å². The molecule has 2 N–H and O–H groups in total. The molecule has 0 unspecified atom stereocenters. The molecule has 156 valence electrons. The van der Waals surface area contributed by atoms with Gasteiger partial charge in [0, 0.05) is 24.2 Å². The number of halogens is 1. The maximum absolute atomic E-state index is 11.9. The number of aromatic nitrogens is 2. The molecule has 1 aliphatic rings. The lowest BCUT2D eigenvalue weighted by Gasteiger charge is -2.32. The van der Waals surface area contributed by atoms with Crippen molar-refractivity contribution in [2.45, 2.75) is 19.4 Å². The number of hydrogen-bond acceptors (Lipinski definition) is 6. The van der Waals surface area contributed by atoms with Crippen LogP contribution in [0.2, 0.25) is 5.02 Å². The summed E-state index contributed by atoms with van der Waals surface area (Å²) < 4.78 is 0.